The van der Waals surface area contributed by atoms with E-state index in [9.17, 15) is 14.3 Å². The summed E-state index contributed by atoms with van der Waals surface area (Å²) in [7, 11) is 0. The Hall–Kier alpha value is -2.41. The van der Waals surface area contributed by atoms with E-state index < -0.39 is 5.60 Å². The van der Waals surface area contributed by atoms with E-state index in [1.54, 1.807) is 24.0 Å². The number of amides is 1. The smallest absolute Gasteiger partial charge is 0.410 e. The number of aromatic nitrogens is 2. The third-order valence-corrected chi connectivity index (χ3v) is 5.11. The van der Waals surface area contributed by atoms with Crippen LogP contribution < -0.4 is 0 Å². The molecule has 1 aromatic carbocycles. The Morgan fingerprint density at radius 3 is 2.59 bits per heavy atom. The van der Waals surface area contributed by atoms with Crippen LogP contribution in [0, 0.1) is 12.7 Å². The van der Waals surface area contributed by atoms with Crippen LogP contribution in [0.5, 0.6) is 0 Å². The van der Waals surface area contributed by atoms with Crippen molar-refractivity contribution in [1.82, 2.24) is 14.5 Å². The predicted molar refractivity (Wildman–Crippen MR) is 109 cm³/mol. The first-order valence-electron chi connectivity index (χ1n) is 10.1. The fourth-order valence-corrected chi connectivity index (χ4v) is 3.63. The van der Waals surface area contributed by atoms with Crippen LogP contribution in [-0.4, -0.2) is 50.9 Å². The summed E-state index contributed by atoms with van der Waals surface area (Å²) in [6.45, 7) is 9.01. The molecule has 3 rings (SSSR count). The molecule has 1 amide bonds. The maximum atomic E-state index is 13.6. The average Bonchev–Trinajstić information content (AvgIpc) is 3.07. The second-order valence-corrected chi connectivity index (χ2v) is 8.61. The number of halogens is 1. The van der Waals surface area contributed by atoms with E-state index in [0.29, 0.717) is 25.2 Å². The number of piperidine rings is 1. The van der Waals surface area contributed by atoms with E-state index in [-0.39, 0.29) is 24.4 Å². The average molecular weight is 403 g/mol. The lowest BCUT2D eigenvalue weighted by Gasteiger charge is -2.33. The third-order valence-electron chi connectivity index (χ3n) is 5.11. The lowest BCUT2D eigenvalue weighted by atomic mass is 9.96. The van der Waals surface area contributed by atoms with Crippen molar-refractivity contribution >= 4 is 6.09 Å². The molecule has 1 saturated heterocycles. The molecule has 0 atom stereocenters. The van der Waals surface area contributed by atoms with Crippen LogP contribution in [0.3, 0.4) is 0 Å². The topological polar surface area (TPSA) is 67.6 Å². The maximum absolute atomic E-state index is 13.6. The highest BCUT2D eigenvalue weighted by Gasteiger charge is 2.29. The molecule has 1 aliphatic rings. The van der Waals surface area contributed by atoms with Gasteiger partial charge in [0, 0.05) is 37.3 Å². The van der Waals surface area contributed by atoms with Gasteiger partial charge in [-0.15, -0.1) is 0 Å². The molecule has 0 saturated carbocycles. The van der Waals surface area contributed by atoms with Gasteiger partial charge in [-0.3, -0.25) is 0 Å². The summed E-state index contributed by atoms with van der Waals surface area (Å²) < 4.78 is 21.1. The number of rotatable bonds is 4. The molecule has 0 unspecified atom stereocenters. The zero-order valence-corrected chi connectivity index (χ0v) is 17.6. The van der Waals surface area contributed by atoms with Crippen LogP contribution in [0.1, 0.15) is 50.9 Å². The second-order valence-electron chi connectivity index (χ2n) is 8.61. The van der Waals surface area contributed by atoms with Crippen molar-refractivity contribution < 1.29 is 19.0 Å². The minimum absolute atomic E-state index is 0.0159. The highest BCUT2D eigenvalue weighted by molar-refractivity contribution is 5.68. The quantitative estimate of drug-likeness (QED) is 0.834. The molecule has 0 spiro atoms. The van der Waals surface area contributed by atoms with Crippen molar-refractivity contribution in [3.05, 3.63) is 41.6 Å². The molecule has 2 heterocycles. The lowest BCUT2D eigenvalue weighted by Crippen LogP contribution is -2.41. The first-order valence-corrected chi connectivity index (χ1v) is 10.1. The van der Waals surface area contributed by atoms with Gasteiger partial charge in [-0.05, 0) is 64.3 Å². The molecule has 2 aromatic rings. The van der Waals surface area contributed by atoms with Crippen molar-refractivity contribution in [2.24, 2.45) is 0 Å². The Labute approximate surface area is 171 Å². The van der Waals surface area contributed by atoms with E-state index in [1.807, 2.05) is 31.5 Å². The molecular formula is C22H30FN3O3. The number of aliphatic hydroxyl groups excluding tert-OH is 1. The number of ether oxygens (including phenoxy) is 1. The van der Waals surface area contributed by atoms with E-state index in [0.717, 1.165) is 29.9 Å². The number of imidazole rings is 1. The van der Waals surface area contributed by atoms with Crippen LogP contribution >= 0.6 is 0 Å². The second kappa shape index (κ2) is 8.53. The number of likely N-dealkylation sites (tertiary alicyclic amines) is 1. The minimum Gasteiger partial charge on any atom is -0.444 e. The van der Waals surface area contributed by atoms with Crippen LogP contribution in [0.15, 0.2) is 24.4 Å². The first-order chi connectivity index (χ1) is 13.7. The molecule has 6 nitrogen and oxygen atoms in total. The molecule has 7 heteroatoms. The Morgan fingerprint density at radius 1 is 1.31 bits per heavy atom. The van der Waals surface area contributed by atoms with Crippen molar-refractivity contribution in [2.75, 3.05) is 19.7 Å². The van der Waals surface area contributed by atoms with Crippen molar-refractivity contribution in [2.45, 2.75) is 58.6 Å². The maximum Gasteiger partial charge on any atom is 0.410 e. The summed E-state index contributed by atoms with van der Waals surface area (Å²) >= 11 is 0. The van der Waals surface area contributed by atoms with Crippen LogP contribution in [0.4, 0.5) is 9.18 Å². The summed E-state index contributed by atoms with van der Waals surface area (Å²) in [5.41, 5.74) is 1.69. The Kier molecular flexibility index (Phi) is 6.27. The third kappa shape index (κ3) is 5.15. The zero-order valence-electron chi connectivity index (χ0n) is 17.6. The molecule has 0 aliphatic carbocycles. The van der Waals surface area contributed by atoms with Gasteiger partial charge >= 0.3 is 6.09 Å². The number of benzene rings is 1. The summed E-state index contributed by atoms with van der Waals surface area (Å²) in [4.78, 5) is 18.9. The molecule has 29 heavy (non-hydrogen) atoms. The molecule has 1 aromatic heterocycles. The van der Waals surface area contributed by atoms with Crippen molar-refractivity contribution in [3.63, 3.8) is 0 Å². The number of carbonyl (C=O) groups excluding carboxylic acids is 1. The van der Waals surface area contributed by atoms with E-state index >= 15 is 0 Å². The zero-order chi connectivity index (χ0) is 21.2. The van der Waals surface area contributed by atoms with E-state index in [1.165, 1.54) is 6.07 Å². The number of hydrogen-bond donors (Lipinski definition) is 1. The van der Waals surface area contributed by atoms with Gasteiger partial charge in [0.05, 0.1) is 12.3 Å². The molecule has 1 fully saturated rings. The number of aliphatic hydroxyl groups is 1. The first kappa shape index (κ1) is 21.3. The van der Waals surface area contributed by atoms with Gasteiger partial charge in [-0.1, -0.05) is 0 Å². The monoisotopic (exact) mass is 403 g/mol. The Bertz CT molecular complexity index is 865. The normalized spacial score (nSPS) is 15.6. The predicted octanol–water partition coefficient (Wildman–Crippen LogP) is 4.10. The molecule has 1 aliphatic heterocycles. The highest BCUT2D eigenvalue weighted by atomic mass is 19.1. The molecule has 158 valence electrons. The van der Waals surface area contributed by atoms with E-state index in [4.69, 9.17) is 9.72 Å². The number of carbonyl (C=O) groups is 1. The Balaban J connectivity index is 1.76. The van der Waals surface area contributed by atoms with E-state index in [2.05, 4.69) is 0 Å². The van der Waals surface area contributed by atoms with Crippen LogP contribution in [0.25, 0.3) is 11.3 Å². The number of aryl methyl sites for hydroxylation is 1. The van der Waals surface area contributed by atoms with Crippen LogP contribution in [-0.2, 0) is 11.3 Å². The molecular weight excluding hydrogens is 373 g/mol. The fraction of sp³-hybridized carbons (Fsp3) is 0.545. The molecule has 0 radical (unpaired) electrons. The summed E-state index contributed by atoms with van der Waals surface area (Å²) in [6, 6.07) is 4.97. The van der Waals surface area contributed by atoms with Gasteiger partial charge in [0.15, 0.2) is 0 Å². The van der Waals surface area contributed by atoms with Gasteiger partial charge in [0.1, 0.15) is 17.2 Å². The highest BCUT2D eigenvalue weighted by Crippen LogP contribution is 2.31. The van der Waals surface area contributed by atoms with Gasteiger partial charge in [-0.2, -0.15) is 0 Å². The summed E-state index contributed by atoms with van der Waals surface area (Å²) in [5, 5.41) is 9.46. The SMILES string of the molecule is Cc1cc(-c2cn(CCO)c(C3CCN(C(=O)OC(C)(C)C)CC3)n2)ccc1F. The number of nitrogens with zero attached hydrogens (tertiary/aromatic N) is 3. The largest absolute Gasteiger partial charge is 0.444 e. The van der Waals surface area contributed by atoms with Crippen LogP contribution in [0.2, 0.25) is 0 Å². The van der Waals surface area contributed by atoms with Gasteiger partial charge < -0.3 is 19.3 Å². The number of hydrogen-bond acceptors (Lipinski definition) is 4. The summed E-state index contributed by atoms with van der Waals surface area (Å²) in [6.07, 6.45) is 3.20. The van der Waals surface area contributed by atoms with Gasteiger partial charge in [0.2, 0.25) is 0 Å². The Morgan fingerprint density at radius 2 is 2.00 bits per heavy atom. The summed E-state index contributed by atoms with van der Waals surface area (Å²) in [5.74, 6) is 0.855. The van der Waals surface area contributed by atoms with Gasteiger partial charge in [-0.25, -0.2) is 14.2 Å². The van der Waals surface area contributed by atoms with Crippen molar-refractivity contribution in [3.8, 4) is 11.3 Å². The van der Waals surface area contributed by atoms with Crippen molar-refractivity contribution in [1.29, 1.82) is 0 Å². The minimum atomic E-state index is -0.506. The molecule has 1 N–H and O–H groups in total. The van der Waals surface area contributed by atoms with Gasteiger partial charge in [0.25, 0.3) is 0 Å². The molecule has 0 bridgehead atoms. The lowest BCUT2D eigenvalue weighted by molar-refractivity contribution is 0.0202. The standard InChI is InChI=1S/C22H30FN3O3/c1-15-13-17(5-6-18(15)23)19-14-26(11-12-27)20(24-19)16-7-9-25(10-8-16)21(28)29-22(2,3)4/h5-6,13-14,16,27H,7-12H2,1-4H3. The fourth-order valence-electron chi connectivity index (χ4n) is 3.63.